The normalized spacial score (nSPS) is 16.7. The second-order valence-electron chi connectivity index (χ2n) is 8.74. The largest absolute Gasteiger partial charge is 0.379 e. The molecule has 0 aromatic carbocycles. The molecule has 0 spiro atoms. The highest BCUT2D eigenvalue weighted by Gasteiger charge is 2.29. The first kappa shape index (κ1) is 21.3. The Labute approximate surface area is 200 Å². The highest BCUT2D eigenvalue weighted by molar-refractivity contribution is 7.14. The van der Waals surface area contributed by atoms with E-state index in [2.05, 4.69) is 25.3 Å². The van der Waals surface area contributed by atoms with Crippen molar-refractivity contribution < 1.29 is 9.53 Å². The van der Waals surface area contributed by atoms with Crippen LogP contribution in [-0.4, -0.2) is 61.8 Å². The molecular weight excluding hydrogens is 450 g/mol. The molecule has 1 aliphatic heterocycles. The van der Waals surface area contributed by atoms with Crippen LogP contribution in [0.25, 0.3) is 16.9 Å². The number of aryl methyl sites for hydroxylation is 1. The molecule has 10 heteroatoms. The van der Waals surface area contributed by atoms with Crippen molar-refractivity contribution in [2.24, 2.45) is 0 Å². The van der Waals surface area contributed by atoms with E-state index in [4.69, 9.17) is 9.72 Å². The molecule has 1 saturated heterocycles. The Kier molecular flexibility index (Phi) is 5.56. The zero-order valence-corrected chi connectivity index (χ0v) is 19.7. The average molecular weight is 476 g/mol. The Balaban J connectivity index is 1.32. The van der Waals surface area contributed by atoms with E-state index in [1.165, 1.54) is 11.3 Å². The van der Waals surface area contributed by atoms with Crippen LogP contribution in [-0.2, 0) is 11.3 Å². The van der Waals surface area contributed by atoms with Crippen LogP contribution >= 0.6 is 11.3 Å². The number of aromatic nitrogens is 5. The number of ether oxygens (including phenoxy) is 1. The molecular formula is C24H25N7O2S. The summed E-state index contributed by atoms with van der Waals surface area (Å²) in [6, 6.07) is 7.60. The lowest BCUT2D eigenvalue weighted by Gasteiger charge is -2.25. The van der Waals surface area contributed by atoms with Crippen LogP contribution in [0.5, 0.6) is 0 Å². The van der Waals surface area contributed by atoms with Gasteiger partial charge < -0.3 is 4.74 Å². The lowest BCUT2D eigenvalue weighted by atomic mass is 10.1. The number of nitrogens with zero attached hydrogens (tertiary/aromatic N) is 6. The number of carbonyl (C=O) groups is 1. The second kappa shape index (κ2) is 8.86. The van der Waals surface area contributed by atoms with Crippen molar-refractivity contribution in [3.63, 3.8) is 0 Å². The molecule has 4 aromatic heterocycles. The Hall–Kier alpha value is -3.21. The number of morpholine rings is 1. The number of pyridine rings is 2. The summed E-state index contributed by atoms with van der Waals surface area (Å²) >= 11 is 1.45. The lowest BCUT2D eigenvalue weighted by molar-refractivity contribution is 0.0337. The van der Waals surface area contributed by atoms with Gasteiger partial charge in [-0.05, 0) is 38.0 Å². The van der Waals surface area contributed by atoms with E-state index in [1.54, 1.807) is 10.9 Å². The fraction of sp³-hybridized carbons (Fsp3) is 0.375. The van der Waals surface area contributed by atoms with Crippen LogP contribution in [0.2, 0.25) is 0 Å². The van der Waals surface area contributed by atoms with Gasteiger partial charge in [-0.3, -0.25) is 15.0 Å². The smallest absolute Gasteiger partial charge is 0.258 e. The molecule has 5 heterocycles. The fourth-order valence-corrected chi connectivity index (χ4v) is 5.00. The number of thiazole rings is 1. The SMILES string of the molecule is Cc1nn(-c2ccccn2)c2nc(C3CC3)cc(C(=O)Nc3nc(CN4CCOCC4)cs3)c12. The maximum Gasteiger partial charge on any atom is 0.258 e. The zero-order valence-electron chi connectivity index (χ0n) is 18.9. The number of fused-ring (bicyclic) bond motifs is 1. The Bertz CT molecular complexity index is 1340. The lowest BCUT2D eigenvalue weighted by Crippen LogP contribution is -2.35. The molecule has 9 nitrogen and oxygen atoms in total. The van der Waals surface area contributed by atoms with Crippen molar-refractivity contribution in [1.82, 2.24) is 29.6 Å². The number of rotatable bonds is 6. The van der Waals surface area contributed by atoms with Crippen LogP contribution in [0.3, 0.4) is 0 Å². The molecule has 0 atom stereocenters. The highest BCUT2D eigenvalue weighted by atomic mass is 32.1. The third-order valence-corrected chi connectivity index (χ3v) is 7.01. The van der Waals surface area contributed by atoms with Crippen molar-refractivity contribution in [2.45, 2.75) is 32.2 Å². The van der Waals surface area contributed by atoms with Gasteiger partial charge in [-0.15, -0.1) is 11.3 Å². The van der Waals surface area contributed by atoms with Gasteiger partial charge in [-0.25, -0.2) is 15.0 Å². The molecule has 2 fully saturated rings. The summed E-state index contributed by atoms with van der Waals surface area (Å²) in [7, 11) is 0. The second-order valence-corrected chi connectivity index (χ2v) is 9.60. The molecule has 34 heavy (non-hydrogen) atoms. The summed E-state index contributed by atoms with van der Waals surface area (Å²) in [6.45, 7) is 5.97. The summed E-state index contributed by atoms with van der Waals surface area (Å²) in [6.07, 6.45) is 3.91. The average Bonchev–Trinajstić information content (AvgIpc) is 3.55. The Morgan fingerprint density at radius 3 is 2.85 bits per heavy atom. The highest BCUT2D eigenvalue weighted by Crippen LogP contribution is 2.40. The number of hydrogen-bond acceptors (Lipinski definition) is 8. The van der Waals surface area contributed by atoms with Crippen molar-refractivity contribution in [2.75, 3.05) is 31.6 Å². The van der Waals surface area contributed by atoms with Gasteiger partial charge in [0.2, 0.25) is 0 Å². The zero-order chi connectivity index (χ0) is 23.1. The predicted molar refractivity (Wildman–Crippen MR) is 130 cm³/mol. The van der Waals surface area contributed by atoms with Gasteiger partial charge in [0.25, 0.3) is 5.91 Å². The first-order valence-electron chi connectivity index (χ1n) is 11.5. The van der Waals surface area contributed by atoms with E-state index in [9.17, 15) is 4.79 Å². The van der Waals surface area contributed by atoms with Gasteiger partial charge in [0.05, 0.1) is 35.6 Å². The summed E-state index contributed by atoms with van der Waals surface area (Å²) in [4.78, 5) is 29.8. The maximum atomic E-state index is 13.5. The van der Waals surface area contributed by atoms with E-state index in [0.717, 1.165) is 68.2 Å². The van der Waals surface area contributed by atoms with Gasteiger partial charge in [0.1, 0.15) is 0 Å². The van der Waals surface area contributed by atoms with Gasteiger partial charge in [0.15, 0.2) is 16.6 Å². The monoisotopic (exact) mass is 475 g/mol. The molecule has 1 aliphatic carbocycles. The standard InChI is InChI=1S/C24H25N7O2S/c1-15-21-18(23(32)28-24-26-17(14-34-24)13-30-8-10-33-11-9-30)12-19(16-5-6-16)27-22(21)31(29-15)20-4-2-3-7-25-20/h2-4,7,12,14,16H,5-6,8-11,13H2,1H3,(H,26,28,32). The predicted octanol–water partition coefficient (Wildman–Crippen LogP) is 3.54. The summed E-state index contributed by atoms with van der Waals surface area (Å²) in [5, 5.41) is 11.1. The molecule has 1 amide bonds. The topological polar surface area (TPSA) is 98.1 Å². The minimum Gasteiger partial charge on any atom is -0.379 e. The third kappa shape index (κ3) is 4.20. The van der Waals surface area contributed by atoms with Crippen molar-refractivity contribution in [3.8, 4) is 5.82 Å². The third-order valence-electron chi connectivity index (χ3n) is 6.20. The molecule has 174 valence electrons. The van der Waals surface area contributed by atoms with E-state index >= 15 is 0 Å². The molecule has 2 aliphatic rings. The number of nitrogens with one attached hydrogen (secondary N) is 1. The molecule has 4 aromatic rings. The minimum absolute atomic E-state index is 0.190. The van der Waals surface area contributed by atoms with Gasteiger partial charge >= 0.3 is 0 Å². The maximum absolute atomic E-state index is 13.5. The van der Waals surface area contributed by atoms with Crippen LogP contribution in [0.1, 0.15) is 46.2 Å². The number of anilines is 1. The number of amides is 1. The van der Waals surface area contributed by atoms with Crippen molar-refractivity contribution in [3.05, 3.63) is 58.5 Å². The number of hydrogen-bond donors (Lipinski definition) is 1. The summed E-state index contributed by atoms with van der Waals surface area (Å²) in [5.41, 5.74) is 3.88. The summed E-state index contributed by atoms with van der Waals surface area (Å²) in [5.74, 6) is 0.883. The summed E-state index contributed by atoms with van der Waals surface area (Å²) < 4.78 is 7.15. The molecule has 0 radical (unpaired) electrons. The van der Waals surface area contributed by atoms with E-state index in [1.807, 2.05) is 36.6 Å². The van der Waals surface area contributed by atoms with E-state index in [-0.39, 0.29) is 5.91 Å². The van der Waals surface area contributed by atoms with Crippen molar-refractivity contribution >= 4 is 33.4 Å². The first-order valence-corrected chi connectivity index (χ1v) is 12.4. The van der Waals surface area contributed by atoms with Gasteiger partial charge in [-0.2, -0.15) is 9.78 Å². The molecule has 0 unspecified atom stereocenters. The van der Waals surface area contributed by atoms with Gasteiger partial charge in [-0.1, -0.05) is 6.07 Å². The van der Waals surface area contributed by atoms with Crippen LogP contribution < -0.4 is 5.32 Å². The quantitative estimate of drug-likeness (QED) is 0.455. The molecule has 0 bridgehead atoms. The Morgan fingerprint density at radius 1 is 1.24 bits per heavy atom. The minimum atomic E-state index is -0.190. The van der Waals surface area contributed by atoms with E-state index < -0.39 is 0 Å². The molecule has 6 rings (SSSR count). The van der Waals surface area contributed by atoms with Crippen LogP contribution in [0.15, 0.2) is 35.8 Å². The number of carbonyl (C=O) groups excluding carboxylic acids is 1. The first-order chi connectivity index (χ1) is 16.7. The van der Waals surface area contributed by atoms with E-state index in [0.29, 0.717) is 28.1 Å². The van der Waals surface area contributed by atoms with Crippen LogP contribution in [0, 0.1) is 6.92 Å². The molecule has 1 N–H and O–H groups in total. The van der Waals surface area contributed by atoms with Crippen molar-refractivity contribution in [1.29, 1.82) is 0 Å². The fourth-order valence-electron chi connectivity index (χ4n) is 4.30. The van der Waals surface area contributed by atoms with Gasteiger partial charge in [0, 0.05) is 42.8 Å². The molecule has 1 saturated carbocycles. The van der Waals surface area contributed by atoms with Crippen LogP contribution in [0.4, 0.5) is 5.13 Å². The Morgan fingerprint density at radius 2 is 2.09 bits per heavy atom.